The van der Waals surface area contributed by atoms with Gasteiger partial charge in [0.15, 0.2) is 5.78 Å². The molecular weight excluding hydrogens is 204 g/mol. The zero-order chi connectivity index (χ0) is 11.5. The van der Waals surface area contributed by atoms with E-state index in [4.69, 9.17) is 4.74 Å². The van der Waals surface area contributed by atoms with Crippen LogP contribution in [0.1, 0.15) is 15.9 Å². The lowest BCUT2D eigenvalue weighted by molar-refractivity contribution is -0.00864. The molecule has 4 heteroatoms. The quantitative estimate of drug-likeness (QED) is 0.695. The van der Waals surface area contributed by atoms with Gasteiger partial charge in [-0.2, -0.15) is 0 Å². The van der Waals surface area contributed by atoms with E-state index >= 15 is 0 Å². The van der Waals surface area contributed by atoms with Crippen molar-refractivity contribution in [2.24, 2.45) is 0 Å². The van der Waals surface area contributed by atoms with Gasteiger partial charge in [-0.1, -0.05) is 0 Å². The highest BCUT2D eigenvalue weighted by atomic mass is 16.5. The van der Waals surface area contributed by atoms with Crippen LogP contribution in [0.2, 0.25) is 0 Å². The summed E-state index contributed by atoms with van der Waals surface area (Å²) in [5.74, 6) is 0.0303. The highest BCUT2D eigenvalue weighted by Gasteiger charge is 2.25. The van der Waals surface area contributed by atoms with Crippen molar-refractivity contribution in [3.63, 3.8) is 0 Å². The first-order valence-corrected chi connectivity index (χ1v) is 5.43. The van der Waals surface area contributed by atoms with Crippen molar-refractivity contribution in [1.29, 1.82) is 0 Å². The molecule has 1 aromatic heterocycles. The molecule has 1 aliphatic rings. The van der Waals surface area contributed by atoms with Gasteiger partial charge in [0.2, 0.25) is 0 Å². The van der Waals surface area contributed by atoms with Crippen molar-refractivity contribution < 1.29 is 9.53 Å². The summed E-state index contributed by atoms with van der Waals surface area (Å²) in [6, 6.07) is 1.85. The number of hydrogen-bond acceptors (Lipinski definition) is 4. The Morgan fingerprint density at radius 2 is 2.38 bits per heavy atom. The Hall–Kier alpha value is -1.26. The second-order valence-electron chi connectivity index (χ2n) is 4.24. The van der Waals surface area contributed by atoms with Crippen LogP contribution in [-0.4, -0.2) is 48.5 Å². The smallest absolute Gasteiger partial charge is 0.194 e. The maximum absolute atomic E-state index is 12.1. The summed E-state index contributed by atoms with van der Waals surface area (Å²) in [4.78, 5) is 18.2. The average Bonchev–Trinajstić information content (AvgIpc) is 2.28. The van der Waals surface area contributed by atoms with Gasteiger partial charge in [0, 0.05) is 31.0 Å². The third-order valence-electron chi connectivity index (χ3n) is 2.72. The van der Waals surface area contributed by atoms with Crippen LogP contribution in [0, 0.1) is 6.92 Å². The van der Waals surface area contributed by atoms with E-state index < -0.39 is 0 Å². The summed E-state index contributed by atoms with van der Waals surface area (Å²) < 4.78 is 5.49. The first-order chi connectivity index (χ1) is 7.66. The number of ether oxygens (including phenoxy) is 1. The fourth-order valence-electron chi connectivity index (χ4n) is 1.81. The summed E-state index contributed by atoms with van der Waals surface area (Å²) in [7, 11) is 2.00. The second-order valence-corrected chi connectivity index (χ2v) is 4.24. The molecule has 1 fully saturated rings. The molecule has 0 radical (unpaired) electrons. The summed E-state index contributed by atoms with van der Waals surface area (Å²) in [5, 5.41) is 0. The summed E-state index contributed by atoms with van der Waals surface area (Å²) in [6.07, 6.45) is 3.00. The van der Waals surface area contributed by atoms with Gasteiger partial charge in [-0.3, -0.25) is 9.78 Å². The molecular formula is C12H16N2O2. The van der Waals surface area contributed by atoms with Gasteiger partial charge in [0.1, 0.15) is 6.10 Å². The van der Waals surface area contributed by atoms with Crippen molar-refractivity contribution >= 4 is 5.78 Å². The molecule has 0 spiro atoms. The lowest BCUT2D eigenvalue weighted by Gasteiger charge is -2.29. The standard InChI is InChI=1S/C12H16N2O2/c1-9-5-10(7-13-6-9)12(15)11-8-14(2)3-4-16-11/h5-7,11H,3-4,8H2,1-2H3. The van der Waals surface area contributed by atoms with Crippen molar-refractivity contribution in [2.75, 3.05) is 26.7 Å². The van der Waals surface area contributed by atoms with Gasteiger partial charge in [-0.25, -0.2) is 0 Å². The number of carbonyl (C=O) groups is 1. The Morgan fingerprint density at radius 3 is 3.06 bits per heavy atom. The van der Waals surface area contributed by atoms with E-state index in [9.17, 15) is 4.79 Å². The van der Waals surface area contributed by atoms with Crippen LogP contribution in [0.25, 0.3) is 0 Å². The van der Waals surface area contributed by atoms with E-state index in [2.05, 4.69) is 9.88 Å². The number of pyridine rings is 1. The van der Waals surface area contributed by atoms with E-state index in [1.165, 1.54) is 0 Å². The second kappa shape index (κ2) is 4.72. The van der Waals surface area contributed by atoms with Gasteiger partial charge < -0.3 is 9.64 Å². The average molecular weight is 220 g/mol. The van der Waals surface area contributed by atoms with Crippen LogP contribution < -0.4 is 0 Å². The molecule has 1 unspecified atom stereocenters. The van der Waals surface area contributed by atoms with Crippen LogP contribution >= 0.6 is 0 Å². The van der Waals surface area contributed by atoms with Gasteiger partial charge in [-0.15, -0.1) is 0 Å². The number of Topliss-reactive ketones (excluding diaryl/α,β-unsaturated/α-hetero) is 1. The maximum atomic E-state index is 12.1. The highest BCUT2D eigenvalue weighted by Crippen LogP contribution is 2.11. The molecule has 86 valence electrons. The number of hydrogen-bond donors (Lipinski definition) is 0. The Kier molecular flexibility index (Phi) is 3.31. The van der Waals surface area contributed by atoms with Gasteiger partial charge in [0.25, 0.3) is 0 Å². The predicted molar refractivity (Wildman–Crippen MR) is 60.5 cm³/mol. The zero-order valence-corrected chi connectivity index (χ0v) is 9.64. The van der Waals surface area contributed by atoms with Crippen LogP contribution in [-0.2, 0) is 4.74 Å². The van der Waals surface area contributed by atoms with Crippen molar-refractivity contribution in [1.82, 2.24) is 9.88 Å². The minimum Gasteiger partial charge on any atom is -0.367 e. The van der Waals surface area contributed by atoms with Crippen LogP contribution in [0.5, 0.6) is 0 Å². The number of carbonyl (C=O) groups excluding carboxylic acids is 1. The molecule has 1 aromatic rings. The molecule has 16 heavy (non-hydrogen) atoms. The number of rotatable bonds is 2. The van der Waals surface area contributed by atoms with Gasteiger partial charge in [-0.05, 0) is 25.6 Å². The third kappa shape index (κ3) is 2.46. The van der Waals surface area contributed by atoms with Crippen molar-refractivity contribution in [3.05, 3.63) is 29.6 Å². The van der Waals surface area contributed by atoms with Gasteiger partial charge >= 0.3 is 0 Å². The first kappa shape index (κ1) is 11.2. The molecule has 0 aromatic carbocycles. The molecule has 0 saturated carbocycles. The summed E-state index contributed by atoms with van der Waals surface area (Å²) in [5.41, 5.74) is 1.63. The molecule has 1 aliphatic heterocycles. The molecule has 0 aliphatic carbocycles. The van der Waals surface area contributed by atoms with Crippen LogP contribution in [0.3, 0.4) is 0 Å². The largest absolute Gasteiger partial charge is 0.367 e. The molecule has 1 atom stereocenters. The summed E-state index contributed by atoms with van der Waals surface area (Å²) >= 11 is 0. The monoisotopic (exact) mass is 220 g/mol. The number of aryl methyl sites for hydroxylation is 1. The Morgan fingerprint density at radius 1 is 1.56 bits per heavy atom. The zero-order valence-electron chi connectivity index (χ0n) is 9.64. The maximum Gasteiger partial charge on any atom is 0.194 e. The van der Waals surface area contributed by atoms with E-state index in [-0.39, 0.29) is 11.9 Å². The fraction of sp³-hybridized carbons (Fsp3) is 0.500. The van der Waals surface area contributed by atoms with E-state index in [0.29, 0.717) is 18.7 Å². The van der Waals surface area contributed by atoms with Crippen LogP contribution in [0.15, 0.2) is 18.5 Å². The third-order valence-corrected chi connectivity index (χ3v) is 2.72. The molecule has 0 N–H and O–H groups in total. The lowest BCUT2D eigenvalue weighted by atomic mass is 10.1. The SMILES string of the molecule is Cc1cncc(C(=O)C2CN(C)CCO2)c1. The first-order valence-electron chi connectivity index (χ1n) is 5.43. The Balaban J connectivity index is 2.12. The predicted octanol–water partition coefficient (Wildman–Crippen LogP) is 0.903. The van der Waals surface area contributed by atoms with Crippen LogP contribution in [0.4, 0.5) is 0 Å². The Bertz CT molecular complexity index is 392. The Labute approximate surface area is 95.2 Å². The number of morpholine rings is 1. The van der Waals surface area contributed by atoms with E-state index in [1.54, 1.807) is 12.4 Å². The molecule has 2 rings (SSSR count). The number of likely N-dealkylation sites (N-methyl/N-ethyl adjacent to an activating group) is 1. The molecule has 0 bridgehead atoms. The van der Waals surface area contributed by atoms with Crippen molar-refractivity contribution in [2.45, 2.75) is 13.0 Å². The lowest BCUT2D eigenvalue weighted by Crippen LogP contribution is -2.44. The van der Waals surface area contributed by atoms with Crippen molar-refractivity contribution in [3.8, 4) is 0 Å². The fourth-order valence-corrected chi connectivity index (χ4v) is 1.81. The minimum absolute atomic E-state index is 0.0303. The minimum atomic E-state index is -0.345. The van der Waals surface area contributed by atoms with E-state index in [0.717, 1.165) is 12.1 Å². The molecule has 0 amide bonds. The topological polar surface area (TPSA) is 42.4 Å². The summed E-state index contributed by atoms with van der Waals surface area (Å²) in [6.45, 7) is 4.09. The molecule has 2 heterocycles. The normalized spacial score (nSPS) is 22.0. The number of aromatic nitrogens is 1. The number of ketones is 1. The van der Waals surface area contributed by atoms with E-state index in [1.807, 2.05) is 20.0 Å². The molecule has 4 nitrogen and oxygen atoms in total. The van der Waals surface area contributed by atoms with Gasteiger partial charge in [0.05, 0.1) is 6.61 Å². The highest BCUT2D eigenvalue weighted by molar-refractivity contribution is 5.99. The number of nitrogens with zero attached hydrogens (tertiary/aromatic N) is 2. The molecule has 1 saturated heterocycles.